The Morgan fingerprint density at radius 2 is 0.930 bits per heavy atom. The van der Waals surface area contributed by atoms with Gasteiger partial charge in [-0.2, -0.15) is 15.3 Å². The molecule has 0 bridgehead atoms. The highest BCUT2D eigenvalue weighted by Crippen LogP contribution is 2.30. The maximum Gasteiger partial charge on any atom is 0.171 e. The lowest BCUT2D eigenvalue weighted by atomic mass is 10.1. The fourth-order valence-corrected chi connectivity index (χ4v) is 8.77. The predicted molar refractivity (Wildman–Crippen MR) is 280 cm³/mol. The first kappa shape index (κ1) is 48.7. The van der Waals surface area contributed by atoms with Gasteiger partial charge in [0.2, 0.25) is 0 Å². The van der Waals surface area contributed by atoms with Gasteiger partial charge in [0, 0.05) is 10.5 Å². The van der Waals surface area contributed by atoms with Crippen molar-refractivity contribution in [3.63, 3.8) is 0 Å². The minimum Gasteiger partial charge on any atom is -0.497 e. The van der Waals surface area contributed by atoms with Gasteiger partial charge in [-0.15, -0.1) is 11.3 Å². The van der Waals surface area contributed by atoms with Crippen molar-refractivity contribution in [2.75, 3.05) is 35.4 Å². The first-order valence-corrected chi connectivity index (χ1v) is 24.0. The number of ether oxygens (including phenoxy) is 3. The molecule has 0 saturated heterocycles. The Morgan fingerprint density at radius 3 is 1.31 bits per heavy atom. The Kier molecular flexibility index (Phi) is 15.0. The van der Waals surface area contributed by atoms with Crippen LogP contribution in [0.5, 0.6) is 17.2 Å². The molecule has 0 atom stereocenters. The monoisotopic (exact) mass is 1030 g/mol. The highest BCUT2D eigenvalue weighted by molar-refractivity contribution is 7.15. The summed E-state index contributed by atoms with van der Waals surface area (Å²) < 4.78 is 21.0. The number of allylic oxidation sites excluding steroid dienone is 4. The van der Waals surface area contributed by atoms with Crippen molar-refractivity contribution in [3.8, 4) is 28.0 Å². The zero-order valence-electron chi connectivity index (χ0n) is 39.5. The van der Waals surface area contributed by atoms with E-state index in [-0.39, 0.29) is 0 Å². The number of fused-ring (bicyclic) bond motifs is 3. The van der Waals surface area contributed by atoms with Gasteiger partial charge in [0.1, 0.15) is 56.2 Å². The molecule has 16 nitrogen and oxygen atoms in total. The average Bonchev–Trinajstić information content (AvgIpc) is 4.16. The van der Waals surface area contributed by atoms with Crippen LogP contribution < -0.4 is 14.2 Å². The summed E-state index contributed by atoms with van der Waals surface area (Å²) in [5, 5.41) is 14.6. The van der Waals surface area contributed by atoms with Crippen LogP contribution in [0.1, 0.15) is 33.2 Å². The van der Waals surface area contributed by atoms with Crippen LogP contribution in [-0.4, -0.2) is 99.6 Å². The summed E-state index contributed by atoms with van der Waals surface area (Å²) in [6, 6.07) is 27.7. The SMILES string of the molecule is COc1ccc(Cn2cc3nc(-c4ccc(C)s4)nc(Cl)c3n2)cc1.COc1ccc(Cn2cc3nc(C4=CC=C4)nc(Cl)c3n2)cc1.COc1ccc(Cn2cc3nc(CN(C)C)nc(Cl)c3n2)cc1. The molecule has 71 heavy (non-hydrogen) atoms. The van der Waals surface area contributed by atoms with E-state index in [2.05, 4.69) is 58.2 Å². The van der Waals surface area contributed by atoms with E-state index in [0.29, 0.717) is 75.7 Å². The van der Waals surface area contributed by atoms with Crippen LogP contribution in [0.2, 0.25) is 15.5 Å². The molecule has 7 heterocycles. The molecule has 11 rings (SSSR count). The summed E-state index contributed by atoms with van der Waals surface area (Å²) >= 11 is 20.5. The van der Waals surface area contributed by atoms with Crippen molar-refractivity contribution in [1.82, 2.24) is 64.1 Å². The summed E-state index contributed by atoms with van der Waals surface area (Å²) in [6.45, 7) is 4.60. The van der Waals surface area contributed by atoms with Crippen molar-refractivity contribution in [2.45, 2.75) is 33.1 Å². The number of hydrogen-bond donors (Lipinski definition) is 0. The van der Waals surface area contributed by atoms with Crippen LogP contribution in [0.4, 0.5) is 0 Å². The van der Waals surface area contributed by atoms with Crippen LogP contribution in [0.15, 0.2) is 122 Å². The van der Waals surface area contributed by atoms with Crippen LogP contribution >= 0.6 is 46.1 Å². The quantitative estimate of drug-likeness (QED) is 0.100. The normalized spacial score (nSPS) is 11.8. The minimum absolute atomic E-state index is 0.375. The van der Waals surface area contributed by atoms with Gasteiger partial charge >= 0.3 is 0 Å². The number of methoxy groups -OCH3 is 3. The zero-order chi connectivity index (χ0) is 49.6. The maximum absolute atomic E-state index is 6.34. The molecule has 10 aromatic rings. The van der Waals surface area contributed by atoms with E-state index < -0.39 is 0 Å². The van der Waals surface area contributed by atoms with Gasteiger partial charge in [-0.05, 0) is 86.2 Å². The lowest BCUT2D eigenvalue weighted by Gasteiger charge is -2.07. The Bertz CT molecular complexity index is 3530. The molecule has 0 spiro atoms. The predicted octanol–water partition coefficient (Wildman–Crippen LogP) is 10.7. The molecule has 1 aliphatic rings. The second kappa shape index (κ2) is 21.8. The minimum atomic E-state index is 0.375. The number of aryl methyl sites for hydroxylation is 1. The summed E-state index contributed by atoms with van der Waals surface area (Å²) in [5.74, 6) is 4.46. The van der Waals surface area contributed by atoms with E-state index >= 15 is 0 Å². The molecule has 360 valence electrons. The molecule has 0 unspecified atom stereocenters. The standard InChI is InChI=1S/C18H15ClN4OS.C17H13ClN4O.C16H18ClN5O/c1-11-3-8-15(25-11)18-20-14-10-23(22-16(14)17(19)21-18)9-12-4-6-13(24-2)7-5-12;1-23-13-7-5-11(6-8-13)9-22-10-14-15(21-22)16(18)20-17(19-14)12-3-2-4-12;1-21(2)10-14-18-13-9-22(20-15(13)16(17)19-14)8-11-4-6-12(23-3)7-5-11/h3-8,10H,9H2,1-2H3;2-8,10H,9H2,1H3;4-7,9H,8,10H2,1-3H3. The van der Waals surface area contributed by atoms with Gasteiger partial charge in [-0.3, -0.25) is 14.0 Å². The summed E-state index contributed by atoms with van der Waals surface area (Å²) in [6.07, 6.45) is 11.5. The second-order valence-electron chi connectivity index (χ2n) is 16.5. The van der Waals surface area contributed by atoms with E-state index in [1.54, 1.807) is 32.7 Å². The third kappa shape index (κ3) is 11.8. The highest BCUT2D eigenvalue weighted by atomic mass is 35.5. The van der Waals surface area contributed by atoms with Gasteiger partial charge < -0.3 is 19.1 Å². The fraction of sp³-hybridized carbons (Fsp3) is 0.196. The first-order chi connectivity index (χ1) is 34.4. The largest absolute Gasteiger partial charge is 0.497 e. The molecule has 3 aromatic carbocycles. The first-order valence-electron chi connectivity index (χ1n) is 22.1. The fourth-order valence-electron chi connectivity index (χ4n) is 7.31. The van der Waals surface area contributed by atoms with Crippen molar-refractivity contribution in [3.05, 3.63) is 170 Å². The molecule has 0 amide bonds. The number of thiophene rings is 1. The van der Waals surface area contributed by atoms with Crippen molar-refractivity contribution >= 4 is 84.8 Å². The number of aromatic nitrogens is 12. The van der Waals surface area contributed by atoms with E-state index in [1.807, 2.05) is 149 Å². The van der Waals surface area contributed by atoms with Crippen molar-refractivity contribution in [2.24, 2.45) is 0 Å². The lowest BCUT2D eigenvalue weighted by Crippen LogP contribution is -2.13. The Hall–Kier alpha value is -7.28. The van der Waals surface area contributed by atoms with Gasteiger partial charge in [0.15, 0.2) is 27.1 Å². The van der Waals surface area contributed by atoms with Crippen LogP contribution in [0, 0.1) is 6.92 Å². The third-order valence-electron chi connectivity index (χ3n) is 10.9. The number of rotatable bonds is 13. The van der Waals surface area contributed by atoms with Crippen LogP contribution in [0.3, 0.4) is 0 Å². The van der Waals surface area contributed by atoms with Crippen LogP contribution in [-0.2, 0) is 26.2 Å². The highest BCUT2D eigenvalue weighted by Gasteiger charge is 2.16. The molecule has 1 aliphatic carbocycles. The summed E-state index contributed by atoms with van der Waals surface area (Å²) in [5.41, 5.74) is 8.45. The number of nitrogens with zero attached hydrogens (tertiary/aromatic N) is 13. The van der Waals surface area contributed by atoms with Gasteiger partial charge in [0.25, 0.3) is 0 Å². The van der Waals surface area contributed by atoms with E-state index in [1.165, 1.54) is 4.88 Å². The van der Waals surface area contributed by atoms with E-state index in [4.69, 9.17) is 49.0 Å². The van der Waals surface area contributed by atoms with Gasteiger partial charge in [0.05, 0.1) is 71.0 Å². The molecule has 0 fully saturated rings. The molecular formula is C51H46Cl3N13O3S. The molecule has 0 radical (unpaired) electrons. The molecular weight excluding hydrogens is 981 g/mol. The summed E-state index contributed by atoms with van der Waals surface area (Å²) in [4.78, 5) is 30.9. The number of benzene rings is 3. The summed E-state index contributed by atoms with van der Waals surface area (Å²) in [7, 11) is 8.90. The third-order valence-corrected chi connectivity index (χ3v) is 12.7. The average molecular weight is 1030 g/mol. The van der Waals surface area contributed by atoms with Crippen molar-refractivity contribution < 1.29 is 14.2 Å². The lowest BCUT2D eigenvalue weighted by molar-refractivity contribution is 0.391. The zero-order valence-corrected chi connectivity index (χ0v) is 42.5. The smallest absolute Gasteiger partial charge is 0.171 e. The van der Waals surface area contributed by atoms with Gasteiger partial charge in [-0.1, -0.05) is 89.4 Å². The molecule has 0 aliphatic heterocycles. The molecule has 0 N–H and O–H groups in total. The number of halogens is 3. The van der Waals surface area contributed by atoms with Gasteiger partial charge in [-0.25, -0.2) is 29.9 Å². The number of hydrogen-bond acceptors (Lipinski definition) is 14. The molecule has 0 saturated carbocycles. The van der Waals surface area contributed by atoms with Crippen LogP contribution in [0.25, 0.3) is 49.4 Å². The Labute approximate surface area is 427 Å². The van der Waals surface area contributed by atoms with Crippen molar-refractivity contribution in [1.29, 1.82) is 0 Å². The Balaban J connectivity index is 0.000000132. The topological polar surface area (TPSA) is 162 Å². The molecule has 7 aromatic heterocycles. The van der Waals surface area contributed by atoms with E-state index in [9.17, 15) is 0 Å². The second-order valence-corrected chi connectivity index (χ2v) is 18.8. The van der Waals surface area contributed by atoms with E-state index in [0.717, 1.165) is 60.9 Å². The Morgan fingerprint density at radius 1 is 0.521 bits per heavy atom. The molecule has 20 heteroatoms. The maximum atomic E-state index is 6.34.